The van der Waals surface area contributed by atoms with Crippen molar-refractivity contribution in [3.05, 3.63) is 28.7 Å². The lowest BCUT2D eigenvalue weighted by Crippen LogP contribution is -2.31. The summed E-state index contributed by atoms with van der Waals surface area (Å²) in [6, 6.07) is 5.46. The van der Waals surface area contributed by atoms with Gasteiger partial charge in [0.2, 0.25) is 5.91 Å². The molecule has 0 saturated carbocycles. The molecule has 3 heterocycles. The van der Waals surface area contributed by atoms with Crippen LogP contribution in [0.5, 0.6) is 5.75 Å². The maximum atomic E-state index is 12.5. The minimum Gasteiger partial charge on any atom is -0.469 e. The molecular weight excluding hydrogens is 277 g/mol. The molecule has 102 valence electrons. The predicted molar refractivity (Wildman–Crippen MR) is 76.8 cm³/mol. The van der Waals surface area contributed by atoms with Crippen molar-refractivity contribution in [3.8, 4) is 5.75 Å². The van der Waals surface area contributed by atoms with Crippen LogP contribution < -0.4 is 10.2 Å². The van der Waals surface area contributed by atoms with Crippen LogP contribution in [-0.4, -0.2) is 20.5 Å². The van der Waals surface area contributed by atoms with E-state index in [0.29, 0.717) is 24.0 Å². The third-order valence-electron chi connectivity index (χ3n) is 3.84. The fourth-order valence-electron chi connectivity index (χ4n) is 2.87. The van der Waals surface area contributed by atoms with Gasteiger partial charge in [0.25, 0.3) is 0 Å². The molecule has 2 unspecified atom stereocenters. The Kier molecular flexibility index (Phi) is 2.39. The number of aliphatic imine (C=N–C) groups is 1. The van der Waals surface area contributed by atoms with Crippen molar-refractivity contribution in [2.45, 2.75) is 18.9 Å². The van der Waals surface area contributed by atoms with Crippen molar-refractivity contribution in [1.29, 1.82) is 0 Å². The zero-order valence-electron chi connectivity index (χ0n) is 10.8. The fraction of sp³-hybridized carbons (Fsp3) is 0.308. The van der Waals surface area contributed by atoms with Gasteiger partial charge in [-0.25, -0.2) is 9.79 Å². The highest BCUT2D eigenvalue weighted by molar-refractivity contribution is 7.54. The van der Waals surface area contributed by atoms with E-state index in [1.165, 1.54) is 0 Å². The second-order valence-electron chi connectivity index (χ2n) is 4.98. The van der Waals surface area contributed by atoms with Crippen molar-refractivity contribution in [3.63, 3.8) is 0 Å². The van der Waals surface area contributed by atoms with Crippen LogP contribution in [0.3, 0.4) is 0 Å². The zero-order chi connectivity index (χ0) is 13.9. The van der Waals surface area contributed by atoms with Gasteiger partial charge in [0.15, 0.2) is 0 Å². The number of carbonyl (C=O) groups excluding carboxylic acids is 1. The number of rotatable bonds is 0. The lowest BCUT2D eigenvalue weighted by atomic mass is 10.1. The Morgan fingerprint density at radius 3 is 3.10 bits per heavy atom. The molecule has 1 aromatic carbocycles. The number of carbonyl (C=O) groups is 1. The van der Waals surface area contributed by atoms with Crippen LogP contribution in [0.1, 0.15) is 18.9 Å². The quantitative estimate of drug-likeness (QED) is 0.692. The number of amides is 1. The van der Waals surface area contributed by atoms with E-state index in [1.807, 2.05) is 18.2 Å². The maximum Gasteiger partial charge on any atom is 0.329 e. The van der Waals surface area contributed by atoms with Gasteiger partial charge in [0.05, 0.1) is 11.6 Å². The minimum atomic E-state index is -0.161. The monoisotopic (exact) mass is 289 g/mol. The van der Waals surface area contributed by atoms with E-state index in [1.54, 1.807) is 16.2 Å². The molecule has 2 atom stereocenters. The molecule has 2 aliphatic rings. The molecule has 4 rings (SSSR count). The van der Waals surface area contributed by atoms with E-state index in [2.05, 4.69) is 4.99 Å². The second-order valence-corrected chi connectivity index (χ2v) is 5.91. The van der Waals surface area contributed by atoms with Crippen LogP contribution in [0.15, 0.2) is 28.0 Å². The molecular formula is C13H12N3O3P. The third-order valence-corrected chi connectivity index (χ3v) is 4.82. The van der Waals surface area contributed by atoms with Crippen LogP contribution in [-0.2, 0) is 11.8 Å². The van der Waals surface area contributed by atoms with Crippen molar-refractivity contribution >= 4 is 31.2 Å². The van der Waals surface area contributed by atoms with Gasteiger partial charge in [-0.3, -0.25) is 13.9 Å². The van der Waals surface area contributed by atoms with E-state index in [9.17, 15) is 9.59 Å². The van der Waals surface area contributed by atoms with Crippen LogP contribution >= 0.6 is 8.81 Å². The Balaban J connectivity index is 2.10. The molecule has 7 heteroatoms. The van der Waals surface area contributed by atoms with Gasteiger partial charge in [-0.15, -0.1) is 0 Å². The van der Waals surface area contributed by atoms with E-state index in [4.69, 9.17) is 4.52 Å². The molecule has 1 aromatic heterocycles. The summed E-state index contributed by atoms with van der Waals surface area (Å²) in [5.41, 5.74) is 2.23. The Morgan fingerprint density at radius 1 is 1.40 bits per heavy atom. The molecule has 0 N–H and O–H groups in total. The number of benzene rings is 1. The lowest BCUT2D eigenvalue weighted by Gasteiger charge is -2.20. The number of imidazole rings is 1. The van der Waals surface area contributed by atoms with E-state index in [0.717, 1.165) is 11.0 Å². The normalized spacial score (nSPS) is 22.4. The SMILES string of the molecule is Cn1c(=O)n2c3c(cccc31)OPC1=NC(=O)CCC12. The summed E-state index contributed by atoms with van der Waals surface area (Å²) in [5.74, 6) is 0.557. The summed E-state index contributed by atoms with van der Waals surface area (Å²) in [6.45, 7) is 0. The number of hydrogen-bond donors (Lipinski definition) is 0. The molecule has 0 fully saturated rings. The Labute approximate surface area is 115 Å². The van der Waals surface area contributed by atoms with Crippen molar-refractivity contribution in [2.24, 2.45) is 12.0 Å². The number of nitrogens with zero attached hydrogens (tertiary/aromatic N) is 3. The van der Waals surface area contributed by atoms with Crippen molar-refractivity contribution in [2.75, 3.05) is 0 Å². The average Bonchev–Trinajstić information content (AvgIpc) is 2.61. The first-order chi connectivity index (χ1) is 9.66. The van der Waals surface area contributed by atoms with Crippen LogP contribution in [0.2, 0.25) is 0 Å². The van der Waals surface area contributed by atoms with Crippen molar-refractivity contribution in [1.82, 2.24) is 9.13 Å². The minimum absolute atomic E-state index is 0.00793. The highest BCUT2D eigenvalue weighted by Crippen LogP contribution is 2.40. The largest absolute Gasteiger partial charge is 0.469 e. The Bertz CT molecular complexity index is 833. The topological polar surface area (TPSA) is 65.6 Å². The van der Waals surface area contributed by atoms with Gasteiger partial charge in [0, 0.05) is 13.5 Å². The van der Waals surface area contributed by atoms with E-state index >= 15 is 0 Å². The lowest BCUT2D eigenvalue weighted by molar-refractivity contribution is -0.118. The highest BCUT2D eigenvalue weighted by Gasteiger charge is 2.32. The molecule has 0 bridgehead atoms. The molecule has 0 radical (unpaired) electrons. The summed E-state index contributed by atoms with van der Waals surface area (Å²) >= 11 is 0. The van der Waals surface area contributed by atoms with Crippen LogP contribution in [0.4, 0.5) is 0 Å². The predicted octanol–water partition coefficient (Wildman–Crippen LogP) is 1.59. The fourth-order valence-corrected chi connectivity index (χ4v) is 3.83. The molecule has 2 aromatic rings. The number of aryl methyl sites for hydroxylation is 1. The maximum absolute atomic E-state index is 12.5. The molecule has 0 aliphatic carbocycles. The number of hydrogen-bond acceptors (Lipinski definition) is 3. The first-order valence-electron chi connectivity index (χ1n) is 6.41. The molecule has 2 aliphatic heterocycles. The molecule has 0 spiro atoms. The van der Waals surface area contributed by atoms with E-state index < -0.39 is 0 Å². The average molecular weight is 289 g/mol. The van der Waals surface area contributed by atoms with Gasteiger partial charge >= 0.3 is 5.69 Å². The zero-order valence-corrected chi connectivity index (χ0v) is 11.8. The summed E-state index contributed by atoms with van der Waals surface area (Å²) in [7, 11) is 1.74. The first kappa shape index (κ1) is 11.9. The van der Waals surface area contributed by atoms with Gasteiger partial charge in [-0.1, -0.05) is 6.07 Å². The Morgan fingerprint density at radius 2 is 2.25 bits per heavy atom. The number of fused-ring (bicyclic) bond motifs is 2. The highest BCUT2D eigenvalue weighted by atomic mass is 31.1. The summed E-state index contributed by atoms with van der Waals surface area (Å²) < 4.78 is 9.13. The van der Waals surface area contributed by atoms with Gasteiger partial charge in [-0.05, 0) is 18.6 Å². The van der Waals surface area contributed by atoms with Gasteiger partial charge < -0.3 is 4.52 Å². The Hall–Kier alpha value is -1.94. The second kappa shape index (κ2) is 4.03. The van der Waals surface area contributed by atoms with Gasteiger partial charge in [0.1, 0.15) is 25.5 Å². The summed E-state index contributed by atoms with van der Waals surface area (Å²) in [6.07, 6.45) is 0.991. The first-order valence-corrected chi connectivity index (χ1v) is 7.32. The molecule has 20 heavy (non-hydrogen) atoms. The molecule has 6 nitrogen and oxygen atoms in total. The summed E-state index contributed by atoms with van der Waals surface area (Å²) in [4.78, 5) is 28.1. The van der Waals surface area contributed by atoms with Crippen LogP contribution in [0.25, 0.3) is 11.0 Å². The van der Waals surface area contributed by atoms with Crippen molar-refractivity contribution < 1.29 is 9.32 Å². The standard InChI is InChI=1S/C13H12N3O3P/c1-15-7-3-2-4-9-11(7)16(13(15)18)8-5-6-10(17)14-12(8)20-19-9/h2-4,8,20H,5-6H2,1H3. The van der Waals surface area contributed by atoms with E-state index in [-0.39, 0.29) is 26.4 Å². The number of para-hydroxylation sites is 1. The molecule has 1 amide bonds. The smallest absolute Gasteiger partial charge is 0.329 e. The summed E-state index contributed by atoms with van der Waals surface area (Å²) in [5, 5.41) is 0. The third kappa shape index (κ3) is 1.45. The number of aromatic nitrogens is 2. The van der Waals surface area contributed by atoms with Gasteiger partial charge in [-0.2, -0.15) is 0 Å². The molecule has 0 saturated heterocycles. The van der Waals surface area contributed by atoms with Crippen LogP contribution in [0, 0.1) is 0 Å².